The summed E-state index contributed by atoms with van der Waals surface area (Å²) < 4.78 is 0. The minimum Gasteiger partial charge on any atom is -0.317 e. The van der Waals surface area contributed by atoms with Gasteiger partial charge in [0.25, 0.3) is 0 Å². The average Bonchev–Trinajstić information content (AvgIpc) is 2.89. The van der Waals surface area contributed by atoms with E-state index in [1.807, 2.05) is 11.3 Å². The number of rotatable bonds is 6. The molecular formula is C16H27NS. The van der Waals surface area contributed by atoms with E-state index in [4.69, 9.17) is 0 Å². The van der Waals surface area contributed by atoms with Crippen molar-refractivity contribution in [1.82, 2.24) is 5.32 Å². The third-order valence-electron chi connectivity index (χ3n) is 4.52. The van der Waals surface area contributed by atoms with E-state index in [0.29, 0.717) is 0 Å². The summed E-state index contributed by atoms with van der Waals surface area (Å²) in [5, 5.41) is 5.76. The van der Waals surface area contributed by atoms with Gasteiger partial charge in [0.2, 0.25) is 0 Å². The van der Waals surface area contributed by atoms with E-state index in [-0.39, 0.29) is 0 Å². The molecule has 0 amide bonds. The first-order chi connectivity index (χ1) is 8.79. The monoisotopic (exact) mass is 265 g/mol. The zero-order valence-electron chi connectivity index (χ0n) is 11.8. The molecule has 0 bridgehead atoms. The normalized spacial score (nSPS) is 26.1. The van der Waals surface area contributed by atoms with Gasteiger partial charge in [-0.25, -0.2) is 0 Å². The fraction of sp³-hybridized carbons (Fsp3) is 0.750. The van der Waals surface area contributed by atoms with Gasteiger partial charge in [-0.3, -0.25) is 0 Å². The van der Waals surface area contributed by atoms with E-state index in [1.165, 1.54) is 44.9 Å². The first-order valence-corrected chi connectivity index (χ1v) is 8.37. The van der Waals surface area contributed by atoms with E-state index in [2.05, 4.69) is 36.8 Å². The highest BCUT2D eigenvalue weighted by Gasteiger charge is 2.24. The van der Waals surface area contributed by atoms with Crippen LogP contribution in [0.4, 0.5) is 0 Å². The molecular weight excluding hydrogens is 238 g/mol. The number of aryl methyl sites for hydroxylation is 1. The minimum atomic E-state index is 0.748. The van der Waals surface area contributed by atoms with Gasteiger partial charge < -0.3 is 5.32 Å². The van der Waals surface area contributed by atoms with Crippen molar-refractivity contribution in [1.29, 1.82) is 0 Å². The number of hydrogen-bond donors (Lipinski definition) is 1. The summed E-state index contributed by atoms with van der Waals surface area (Å²) in [6.45, 7) is 2.40. The van der Waals surface area contributed by atoms with Crippen LogP contribution in [0.2, 0.25) is 0 Å². The van der Waals surface area contributed by atoms with Crippen LogP contribution in [0, 0.1) is 11.8 Å². The topological polar surface area (TPSA) is 12.0 Å². The van der Waals surface area contributed by atoms with Crippen LogP contribution in [0.1, 0.15) is 50.3 Å². The molecule has 1 aliphatic rings. The quantitative estimate of drug-likeness (QED) is 0.799. The summed E-state index contributed by atoms with van der Waals surface area (Å²) in [6, 6.07) is 5.18. The third-order valence-corrected chi connectivity index (χ3v) is 5.45. The molecule has 2 heteroatoms. The summed E-state index contributed by atoms with van der Waals surface area (Å²) in [4.78, 5) is 1.54. The minimum absolute atomic E-state index is 0.748. The first kappa shape index (κ1) is 14.1. The van der Waals surface area contributed by atoms with Gasteiger partial charge in [-0.2, -0.15) is 0 Å². The van der Waals surface area contributed by atoms with Crippen molar-refractivity contribution in [2.45, 2.75) is 57.9 Å². The maximum atomic E-state index is 3.57. The van der Waals surface area contributed by atoms with E-state index in [1.54, 1.807) is 4.88 Å². The lowest BCUT2D eigenvalue weighted by atomic mass is 9.78. The lowest BCUT2D eigenvalue weighted by molar-refractivity contribution is 0.227. The van der Waals surface area contributed by atoms with Gasteiger partial charge in [0, 0.05) is 10.9 Å². The van der Waals surface area contributed by atoms with Crippen molar-refractivity contribution in [3.63, 3.8) is 0 Å². The molecule has 1 saturated carbocycles. The highest BCUT2D eigenvalue weighted by Crippen LogP contribution is 2.31. The van der Waals surface area contributed by atoms with Crippen LogP contribution in [-0.2, 0) is 6.42 Å². The molecule has 0 spiro atoms. The highest BCUT2D eigenvalue weighted by atomic mass is 32.1. The van der Waals surface area contributed by atoms with Gasteiger partial charge >= 0.3 is 0 Å². The number of nitrogens with one attached hydrogen (secondary N) is 1. The molecule has 0 saturated heterocycles. The molecule has 0 aliphatic heterocycles. The van der Waals surface area contributed by atoms with Crippen molar-refractivity contribution in [2.75, 3.05) is 7.05 Å². The molecule has 1 atom stereocenters. The van der Waals surface area contributed by atoms with Gasteiger partial charge in [-0.15, -0.1) is 11.3 Å². The molecule has 1 N–H and O–H groups in total. The van der Waals surface area contributed by atoms with Gasteiger partial charge in [0.15, 0.2) is 0 Å². The number of thiophene rings is 1. The Hall–Kier alpha value is -0.340. The standard InChI is InChI=1S/C16H27NS/c1-13-8-10-14(11-9-13)16(17-2)7-3-5-15-6-4-12-18-15/h4,6,12-14,16-17H,3,5,7-11H2,1-2H3. The molecule has 18 heavy (non-hydrogen) atoms. The lowest BCUT2D eigenvalue weighted by Gasteiger charge is -2.32. The smallest absolute Gasteiger partial charge is 0.00924 e. The van der Waals surface area contributed by atoms with Crippen molar-refractivity contribution in [2.24, 2.45) is 11.8 Å². The Morgan fingerprint density at radius 1 is 1.33 bits per heavy atom. The largest absolute Gasteiger partial charge is 0.317 e. The van der Waals surface area contributed by atoms with E-state index in [9.17, 15) is 0 Å². The van der Waals surface area contributed by atoms with Crippen molar-refractivity contribution < 1.29 is 0 Å². The molecule has 1 aromatic heterocycles. The van der Waals surface area contributed by atoms with Crippen LogP contribution in [0.15, 0.2) is 17.5 Å². The highest BCUT2D eigenvalue weighted by molar-refractivity contribution is 7.09. The Morgan fingerprint density at radius 2 is 2.11 bits per heavy atom. The molecule has 2 rings (SSSR count). The second-order valence-electron chi connectivity index (χ2n) is 5.89. The predicted molar refractivity (Wildman–Crippen MR) is 81.2 cm³/mol. The van der Waals surface area contributed by atoms with Crippen molar-refractivity contribution in [3.8, 4) is 0 Å². The molecule has 1 nitrogen and oxygen atoms in total. The average molecular weight is 265 g/mol. The van der Waals surface area contributed by atoms with Crippen LogP contribution in [0.25, 0.3) is 0 Å². The van der Waals surface area contributed by atoms with Gasteiger partial charge in [-0.05, 0) is 62.4 Å². The second-order valence-corrected chi connectivity index (χ2v) is 6.92. The molecule has 1 unspecified atom stereocenters. The zero-order valence-corrected chi connectivity index (χ0v) is 12.6. The summed E-state index contributed by atoms with van der Waals surface area (Å²) in [7, 11) is 2.15. The molecule has 102 valence electrons. The molecule has 1 aromatic rings. The lowest BCUT2D eigenvalue weighted by Crippen LogP contribution is -2.35. The first-order valence-electron chi connectivity index (χ1n) is 7.49. The Morgan fingerprint density at radius 3 is 2.72 bits per heavy atom. The molecule has 0 aromatic carbocycles. The molecule has 1 aliphatic carbocycles. The second kappa shape index (κ2) is 7.30. The van der Waals surface area contributed by atoms with E-state index in [0.717, 1.165) is 17.9 Å². The fourth-order valence-electron chi connectivity index (χ4n) is 3.26. The number of hydrogen-bond acceptors (Lipinski definition) is 2. The summed E-state index contributed by atoms with van der Waals surface area (Å²) in [5.74, 6) is 1.89. The van der Waals surface area contributed by atoms with Crippen molar-refractivity contribution in [3.05, 3.63) is 22.4 Å². The van der Waals surface area contributed by atoms with Crippen LogP contribution in [0.3, 0.4) is 0 Å². The SMILES string of the molecule is CNC(CCCc1cccs1)C1CCC(C)CC1. The van der Waals surface area contributed by atoms with Crippen LogP contribution in [-0.4, -0.2) is 13.1 Å². The van der Waals surface area contributed by atoms with Crippen molar-refractivity contribution >= 4 is 11.3 Å². The summed E-state index contributed by atoms with van der Waals surface area (Å²) >= 11 is 1.90. The van der Waals surface area contributed by atoms with Gasteiger partial charge in [0.1, 0.15) is 0 Å². The summed E-state index contributed by atoms with van der Waals surface area (Å²) in [6.07, 6.45) is 9.68. The summed E-state index contributed by atoms with van der Waals surface area (Å²) in [5.41, 5.74) is 0. The Labute approximate surface area is 116 Å². The third kappa shape index (κ3) is 4.10. The molecule has 0 radical (unpaired) electrons. The maximum Gasteiger partial charge on any atom is 0.00924 e. The fourth-order valence-corrected chi connectivity index (χ4v) is 4.01. The van der Waals surface area contributed by atoms with Crippen LogP contribution in [0.5, 0.6) is 0 Å². The maximum absolute atomic E-state index is 3.57. The van der Waals surface area contributed by atoms with E-state index < -0.39 is 0 Å². The van der Waals surface area contributed by atoms with Crippen LogP contribution >= 0.6 is 11.3 Å². The Balaban J connectivity index is 1.71. The molecule has 1 heterocycles. The van der Waals surface area contributed by atoms with E-state index >= 15 is 0 Å². The zero-order chi connectivity index (χ0) is 12.8. The van der Waals surface area contributed by atoms with Crippen LogP contribution < -0.4 is 5.32 Å². The Kier molecular flexibility index (Phi) is 5.71. The molecule has 1 fully saturated rings. The van der Waals surface area contributed by atoms with Gasteiger partial charge in [0.05, 0.1) is 0 Å². The Bertz CT molecular complexity index is 312. The predicted octanol–water partition coefficient (Wildman–Crippen LogP) is 4.49. The van der Waals surface area contributed by atoms with Gasteiger partial charge in [-0.1, -0.05) is 25.8 Å².